The highest BCUT2D eigenvalue weighted by molar-refractivity contribution is 9.10. The van der Waals surface area contributed by atoms with Gasteiger partial charge in [0.25, 0.3) is 0 Å². The minimum atomic E-state index is 0.0206. The molecule has 0 bridgehead atoms. The molecule has 0 unspecified atom stereocenters. The Morgan fingerprint density at radius 3 is 2.88 bits per heavy atom. The molecule has 17 heavy (non-hydrogen) atoms. The van der Waals surface area contributed by atoms with Gasteiger partial charge in [-0.3, -0.25) is 10.5 Å². The van der Waals surface area contributed by atoms with Gasteiger partial charge < -0.3 is 5.73 Å². The highest BCUT2D eigenvalue weighted by Crippen LogP contribution is 2.31. The molecule has 0 amide bonds. The van der Waals surface area contributed by atoms with Gasteiger partial charge in [-0.05, 0) is 46.7 Å². The second-order valence-corrected chi connectivity index (χ2v) is 5.20. The van der Waals surface area contributed by atoms with Crippen LogP contribution in [-0.2, 0) is 0 Å². The van der Waals surface area contributed by atoms with Crippen LogP contribution in [0.3, 0.4) is 0 Å². The molecule has 0 saturated carbocycles. The summed E-state index contributed by atoms with van der Waals surface area (Å²) in [7, 11) is 0. The summed E-state index contributed by atoms with van der Waals surface area (Å²) < 4.78 is 0.794. The van der Waals surface area contributed by atoms with Crippen LogP contribution >= 0.6 is 27.7 Å². The molecule has 0 aliphatic rings. The third kappa shape index (κ3) is 2.67. The molecule has 0 saturated heterocycles. The first kappa shape index (κ1) is 12.1. The van der Waals surface area contributed by atoms with Crippen LogP contribution in [0.15, 0.2) is 32.7 Å². The number of H-pyrrole nitrogens is 1. The molecule has 2 rings (SSSR count). The predicted octanol–water partition coefficient (Wildman–Crippen LogP) is 2.31. The van der Waals surface area contributed by atoms with Crippen LogP contribution in [0.1, 0.15) is 11.4 Å². The van der Waals surface area contributed by atoms with Crippen molar-refractivity contribution < 1.29 is 0 Å². The highest BCUT2D eigenvalue weighted by Gasteiger charge is 2.12. The number of nitrogens with zero attached hydrogens (tertiary/aromatic N) is 2. The molecule has 0 radical (unpaired) electrons. The van der Waals surface area contributed by atoms with Crippen molar-refractivity contribution in [3.05, 3.63) is 34.1 Å². The zero-order chi connectivity index (χ0) is 12.4. The first-order valence-electron chi connectivity index (χ1n) is 4.77. The minimum absolute atomic E-state index is 0.0206. The third-order valence-electron chi connectivity index (χ3n) is 2.02. The largest absolute Gasteiger partial charge is 0.384 e. The SMILES string of the molecule is Cc1nc(Sc2cccc(Br)c2C(=N)N)n[nH]1. The van der Waals surface area contributed by atoms with Gasteiger partial charge in [0.1, 0.15) is 11.7 Å². The molecule has 1 heterocycles. The number of halogens is 1. The summed E-state index contributed by atoms with van der Waals surface area (Å²) in [5.41, 5.74) is 6.23. The van der Waals surface area contributed by atoms with Crippen molar-refractivity contribution in [2.75, 3.05) is 0 Å². The highest BCUT2D eigenvalue weighted by atomic mass is 79.9. The smallest absolute Gasteiger partial charge is 0.213 e. The lowest BCUT2D eigenvalue weighted by atomic mass is 10.2. The number of nitrogens with one attached hydrogen (secondary N) is 2. The Balaban J connectivity index is 2.39. The lowest BCUT2D eigenvalue weighted by Crippen LogP contribution is -2.13. The van der Waals surface area contributed by atoms with E-state index < -0.39 is 0 Å². The van der Waals surface area contributed by atoms with Crippen molar-refractivity contribution in [1.82, 2.24) is 15.2 Å². The number of aromatic amines is 1. The fraction of sp³-hybridized carbons (Fsp3) is 0.100. The number of aromatic nitrogens is 3. The first-order chi connectivity index (χ1) is 8.08. The van der Waals surface area contributed by atoms with E-state index in [4.69, 9.17) is 11.1 Å². The van der Waals surface area contributed by atoms with Crippen LogP contribution in [0.4, 0.5) is 0 Å². The monoisotopic (exact) mass is 311 g/mol. The Morgan fingerprint density at radius 1 is 1.53 bits per heavy atom. The third-order valence-corrected chi connectivity index (χ3v) is 3.61. The van der Waals surface area contributed by atoms with Crippen molar-refractivity contribution in [3.8, 4) is 0 Å². The molecule has 2 aromatic rings. The normalized spacial score (nSPS) is 10.5. The van der Waals surface area contributed by atoms with Crippen molar-refractivity contribution in [1.29, 1.82) is 5.41 Å². The number of nitrogens with two attached hydrogens (primary N) is 1. The van der Waals surface area contributed by atoms with Crippen LogP contribution < -0.4 is 5.73 Å². The van der Waals surface area contributed by atoms with Crippen LogP contribution in [0.25, 0.3) is 0 Å². The van der Waals surface area contributed by atoms with Crippen LogP contribution in [0.2, 0.25) is 0 Å². The Kier molecular flexibility index (Phi) is 3.49. The second-order valence-electron chi connectivity index (χ2n) is 3.33. The van der Waals surface area contributed by atoms with Gasteiger partial charge in [0.05, 0.1) is 0 Å². The van der Waals surface area contributed by atoms with E-state index in [9.17, 15) is 0 Å². The van der Waals surface area contributed by atoms with Gasteiger partial charge in [0.2, 0.25) is 5.16 Å². The van der Waals surface area contributed by atoms with Crippen molar-refractivity contribution in [3.63, 3.8) is 0 Å². The molecular formula is C10H10BrN5S. The van der Waals surface area contributed by atoms with E-state index in [1.165, 1.54) is 11.8 Å². The maximum atomic E-state index is 7.57. The van der Waals surface area contributed by atoms with E-state index in [0.717, 1.165) is 15.2 Å². The number of amidine groups is 1. The topological polar surface area (TPSA) is 91.4 Å². The van der Waals surface area contributed by atoms with Crippen molar-refractivity contribution in [2.45, 2.75) is 17.0 Å². The summed E-state index contributed by atoms with van der Waals surface area (Å²) in [6.45, 7) is 1.84. The first-order valence-corrected chi connectivity index (χ1v) is 6.38. The molecule has 1 aromatic carbocycles. The van der Waals surface area contributed by atoms with Crippen molar-refractivity contribution in [2.24, 2.45) is 5.73 Å². The Hall–Kier alpha value is -1.34. The van der Waals surface area contributed by atoms with Crippen LogP contribution in [-0.4, -0.2) is 21.0 Å². The number of hydrogen-bond acceptors (Lipinski definition) is 4. The Labute approximate surface area is 111 Å². The number of rotatable bonds is 3. The van der Waals surface area contributed by atoms with Gasteiger partial charge in [-0.15, -0.1) is 5.10 Å². The molecule has 88 valence electrons. The number of nitrogen functional groups attached to an aromatic ring is 1. The van der Waals surface area contributed by atoms with Gasteiger partial charge in [-0.2, -0.15) is 0 Å². The second kappa shape index (κ2) is 4.89. The molecule has 0 spiro atoms. The molecule has 0 aliphatic carbocycles. The van der Waals surface area contributed by atoms with E-state index in [-0.39, 0.29) is 5.84 Å². The average molecular weight is 312 g/mol. The summed E-state index contributed by atoms with van der Waals surface area (Å²) in [6.07, 6.45) is 0. The van der Waals surface area contributed by atoms with E-state index in [0.29, 0.717) is 10.7 Å². The maximum Gasteiger partial charge on any atom is 0.213 e. The molecule has 4 N–H and O–H groups in total. The van der Waals surface area contributed by atoms with Gasteiger partial charge >= 0.3 is 0 Å². The zero-order valence-electron chi connectivity index (χ0n) is 8.99. The molecule has 0 atom stereocenters. The minimum Gasteiger partial charge on any atom is -0.384 e. The van der Waals surface area contributed by atoms with E-state index in [1.54, 1.807) is 0 Å². The molecule has 5 nitrogen and oxygen atoms in total. The number of aryl methyl sites for hydroxylation is 1. The van der Waals surface area contributed by atoms with E-state index >= 15 is 0 Å². The zero-order valence-corrected chi connectivity index (χ0v) is 11.4. The molecule has 0 aliphatic heterocycles. The van der Waals surface area contributed by atoms with E-state index in [2.05, 4.69) is 31.1 Å². The van der Waals surface area contributed by atoms with Gasteiger partial charge in [0, 0.05) is 14.9 Å². The standard InChI is InChI=1S/C10H10BrN5S/c1-5-14-10(16-15-5)17-7-4-2-3-6(11)8(7)9(12)13/h2-4H,1H3,(H3,12,13)(H,14,15,16). The summed E-state index contributed by atoms with van der Waals surface area (Å²) in [5.74, 6) is 0.777. The lowest BCUT2D eigenvalue weighted by Gasteiger charge is -2.07. The van der Waals surface area contributed by atoms with E-state index in [1.807, 2.05) is 25.1 Å². The predicted molar refractivity (Wildman–Crippen MR) is 70.4 cm³/mol. The summed E-state index contributed by atoms with van der Waals surface area (Å²) in [4.78, 5) is 5.06. The fourth-order valence-corrected chi connectivity index (χ4v) is 2.97. The Morgan fingerprint density at radius 2 is 2.29 bits per heavy atom. The number of hydrogen-bond donors (Lipinski definition) is 3. The fourth-order valence-electron chi connectivity index (χ4n) is 1.32. The molecule has 0 fully saturated rings. The number of benzene rings is 1. The summed E-state index contributed by atoms with van der Waals surface area (Å²) in [5, 5.41) is 15.0. The maximum absolute atomic E-state index is 7.57. The van der Waals surface area contributed by atoms with Crippen LogP contribution in [0, 0.1) is 12.3 Å². The van der Waals surface area contributed by atoms with Gasteiger partial charge in [-0.25, -0.2) is 4.98 Å². The van der Waals surface area contributed by atoms with Crippen molar-refractivity contribution >= 4 is 33.5 Å². The average Bonchev–Trinajstić information content (AvgIpc) is 2.63. The molecular weight excluding hydrogens is 302 g/mol. The van der Waals surface area contributed by atoms with Gasteiger partial charge in [0.15, 0.2) is 0 Å². The van der Waals surface area contributed by atoms with Crippen LogP contribution in [0.5, 0.6) is 0 Å². The molecule has 7 heteroatoms. The van der Waals surface area contributed by atoms with Gasteiger partial charge in [-0.1, -0.05) is 6.07 Å². The Bertz CT molecular complexity index is 566. The molecule has 1 aromatic heterocycles. The summed E-state index contributed by atoms with van der Waals surface area (Å²) >= 11 is 4.76. The quantitative estimate of drug-likeness (QED) is 0.599. The summed E-state index contributed by atoms with van der Waals surface area (Å²) in [6, 6.07) is 5.63. The lowest BCUT2D eigenvalue weighted by molar-refractivity contribution is 0.969.